The summed E-state index contributed by atoms with van der Waals surface area (Å²) >= 11 is 0. The van der Waals surface area contributed by atoms with Gasteiger partial charge in [-0.15, -0.1) is 0 Å². The van der Waals surface area contributed by atoms with E-state index in [0.717, 1.165) is 27.9 Å². The lowest BCUT2D eigenvalue weighted by atomic mass is 9.98. The van der Waals surface area contributed by atoms with Crippen LogP contribution in [0, 0.1) is 17.8 Å². The second-order valence-electron chi connectivity index (χ2n) is 5.93. The molecule has 5 heteroatoms. The standard InChI is InChI=1S/C19H15N4O/c20-10-12-4-6-16-15(9-12)18-14(19(21)24)5-7-17(18)23(16)11-13-3-1-2-8-22-13/h1-6,8-9,14H,7,11H2,(H2,21,24). The van der Waals surface area contributed by atoms with Crippen molar-refractivity contribution in [3.05, 3.63) is 71.5 Å². The predicted molar refractivity (Wildman–Crippen MR) is 89.9 cm³/mol. The van der Waals surface area contributed by atoms with Crippen LogP contribution < -0.4 is 5.73 Å². The van der Waals surface area contributed by atoms with Crippen molar-refractivity contribution in [1.29, 1.82) is 5.26 Å². The molecular weight excluding hydrogens is 300 g/mol. The summed E-state index contributed by atoms with van der Waals surface area (Å²) in [5.74, 6) is -0.755. The first-order chi connectivity index (χ1) is 11.7. The van der Waals surface area contributed by atoms with E-state index >= 15 is 0 Å². The highest BCUT2D eigenvalue weighted by Gasteiger charge is 2.33. The zero-order chi connectivity index (χ0) is 16.7. The van der Waals surface area contributed by atoms with Crippen LogP contribution in [0.3, 0.4) is 0 Å². The summed E-state index contributed by atoms with van der Waals surface area (Å²) in [6.07, 6.45) is 4.40. The summed E-state index contributed by atoms with van der Waals surface area (Å²) in [6.45, 7) is 0.623. The molecule has 4 rings (SSSR count). The van der Waals surface area contributed by atoms with Crippen molar-refractivity contribution in [2.24, 2.45) is 5.73 Å². The highest BCUT2D eigenvalue weighted by atomic mass is 16.1. The fraction of sp³-hybridized carbons (Fsp3) is 0.158. The van der Waals surface area contributed by atoms with Gasteiger partial charge in [-0.1, -0.05) is 6.07 Å². The molecule has 2 N–H and O–H groups in total. The van der Waals surface area contributed by atoms with Crippen molar-refractivity contribution in [3.63, 3.8) is 0 Å². The SMILES string of the molecule is N#Cc1ccc2c(c1)c1c(n2Cc2ccccn2)C[CH]C1C(N)=O. The molecule has 0 spiro atoms. The predicted octanol–water partition coefficient (Wildman–Crippen LogP) is 2.29. The zero-order valence-corrected chi connectivity index (χ0v) is 12.9. The van der Waals surface area contributed by atoms with Crippen LogP contribution in [0.1, 0.15) is 28.4 Å². The number of amides is 1. The normalized spacial score (nSPS) is 16.0. The Morgan fingerprint density at radius 1 is 1.38 bits per heavy atom. The summed E-state index contributed by atoms with van der Waals surface area (Å²) in [5.41, 5.74) is 10.1. The number of nitrogens with two attached hydrogens (primary N) is 1. The number of carbonyl (C=O) groups excluding carboxylic acids is 1. The minimum atomic E-state index is -0.401. The van der Waals surface area contributed by atoms with E-state index < -0.39 is 5.92 Å². The number of benzene rings is 1. The first-order valence-electron chi connectivity index (χ1n) is 7.76. The average Bonchev–Trinajstić information content (AvgIpc) is 3.15. The van der Waals surface area contributed by atoms with Crippen molar-refractivity contribution >= 4 is 16.8 Å². The van der Waals surface area contributed by atoms with Crippen molar-refractivity contribution in [3.8, 4) is 6.07 Å². The van der Waals surface area contributed by atoms with Gasteiger partial charge in [-0.2, -0.15) is 5.26 Å². The summed E-state index contributed by atoms with van der Waals surface area (Å²) in [7, 11) is 0. The molecule has 1 aliphatic carbocycles. The first-order valence-corrected chi connectivity index (χ1v) is 7.76. The minimum absolute atomic E-state index is 0.354. The van der Waals surface area contributed by atoms with Crippen molar-refractivity contribution in [2.75, 3.05) is 0 Å². The van der Waals surface area contributed by atoms with Gasteiger partial charge >= 0.3 is 0 Å². The van der Waals surface area contributed by atoms with Gasteiger partial charge in [-0.3, -0.25) is 9.78 Å². The van der Waals surface area contributed by atoms with Gasteiger partial charge in [0.2, 0.25) is 5.91 Å². The highest BCUT2D eigenvalue weighted by molar-refractivity contribution is 5.96. The summed E-state index contributed by atoms with van der Waals surface area (Å²) < 4.78 is 2.17. The van der Waals surface area contributed by atoms with E-state index in [9.17, 15) is 10.1 Å². The van der Waals surface area contributed by atoms with E-state index in [1.54, 1.807) is 12.3 Å². The second kappa shape index (κ2) is 5.50. The number of fused-ring (bicyclic) bond motifs is 3. The Kier molecular flexibility index (Phi) is 3.31. The number of nitriles is 1. The Labute approximate surface area is 139 Å². The van der Waals surface area contributed by atoms with E-state index in [1.807, 2.05) is 36.8 Å². The molecule has 0 fully saturated rings. The monoisotopic (exact) mass is 315 g/mol. The number of aromatic nitrogens is 2. The van der Waals surface area contributed by atoms with E-state index in [2.05, 4.69) is 15.6 Å². The lowest BCUT2D eigenvalue weighted by Gasteiger charge is -2.09. The topological polar surface area (TPSA) is 84.7 Å². The van der Waals surface area contributed by atoms with Crippen molar-refractivity contribution in [1.82, 2.24) is 9.55 Å². The lowest BCUT2D eigenvalue weighted by Crippen LogP contribution is -2.19. The van der Waals surface area contributed by atoms with Crippen molar-refractivity contribution < 1.29 is 4.79 Å². The van der Waals surface area contributed by atoms with Gasteiger partial charge < -0.3 is 10.3 Å². The van der Waals surface area contributed by atoms with Crippen LogP contribution in [-0.2, 0) is 17.8 Å². The van der Waals surface area contributed by atoms with Gasteiger partial charge in [-0.25, -0.2) is 0 Å². The molecule has 1 aromatic carbocycles. The molecule has 0 saturated carbocycles. The quantitative estimate of drug-likeness (QED) is 0.804. The second-order valence-corrected chi connectivity index (χ2v) is 5.93. The summed E-state index contributed by atoms with van der Waals surface area (Å²) in [5, 5.41) is 10.1. The molecule has 1 amide bonds. The van der Waals surface area contributed by atoms with Gasteiger partial charge in [-0.05, 0) is 48.7 Å². The third kappa shape index (κ3) is 2.16. The molecule has 24 heavy (non-hydrogen) atoms. The maximum absolute atomic E-state index is 11.8. The molecular formula is C19H15N4O. The van der Waals surface area contributed by atoms with Crippen LogP contribution >= 0.6 is 0 Å². The molecule has 1 unspecified atom stereocenters. The van der Waals surface area contributed by atoms with E-state index in [1.165, 1.54) is 0 Å². The van der Waals surface area contributed by atoms with Crippen molar-refractivity contribution in [2.45, 2.75) is 18.9 Å². The molecule has 1 atom stereocenters. The van der Waals surface area contributed by atoms with Gasteiger partial charge in [0.05, 0.1) is 29.8 Å². The Morgan fingerprint density at radius 2 is 2.25 bits per heavy atom. The molecule has 0 saturated heterocycles. The number of pyridine rings is 1. The van der Waals surface area contributed by atoms with Crippen LogP contribution in [-0.4, -0.2) is 15.5 Å². The molecule has 0 aliphatic heterocycles. The van der Waals surface area contributed by atoms with Crippen LogP contribution in [0.15, 0.2) is 42.6 Å². The number of carbonyl (C=O) groups is 1. The number of hydrogen-bond acceptors (Lipinski definition) is 3. The molecule has 0 bridgehead atoms. The Morgan fingerprint density at radius 3 is 2.96 bits per heavy atom. The number of rotatable bonds is 3. The molecule has 5 nitrogen and oxygen atoms in total. The number of hydrogen-bond donors (Lipinski definition) is 1. The average molecular weight is 315 g/mol. The Hall–Kier alpha value is -3.13. The van der Waals surface area contributed by atoms with E-state index in [0.29, 0.717) is 18.5 Å². The Balaban J connectivity index is 1.94. The van der Waals surface area contributed by atoms with Crippen LogP contribution in [0.25, 0.3) is 10.9 Å². The van der Waals surface area contributed by atoms with Gasteiger partial charge in [0.15, 0.2) is 0 Å². The van der Waals surface area contributed by atoms with Crippen LogP contribution in [0.5, 0.6) is 0 Å². The largest absolute Gasteiger partial charge is 0.369 e. The maximum atomic E-state index is 11.8. The lowest BCUT2D eigenvalue weighted by molar-refractivity contribution is -0.118. The fourth-order valence-corrected chi connectivity index (χ4v) is 3.51. The molecule has 117 valence electrons. The van der Waals surface area contributed by atoms with Crippen LogP contribution in [0.2, 0.25) is 0 Å². The van der Waals surface area contributed by atoms with E-state index in [4.69, 9.17) is 5.73 Å². The maximum Gasteiger partial charge on any atom is 0.225 e. The fourth-order valence-electron chi connectivity index (χ4n) is 3.51. The molecule has 2 aromatic heterocycles. The molecule has 1 aliphatic rings. The Bertz CT molecular complexity index is 982. The summed E-state index contributed by atoms with van der Waals surface area (Å²) in [6, 6.07) is 13.6. The third-order valence-corrected chi connectivity index (χ3v) is 4.55. The third-order valence-electron chi connectivity index (χ3n) is 4.55. The molecule has 3 aromatic rings. The number of primary amides is 1. The molecule has 2 heterocycles. The highest BCUT2D eigenvalue weighted by Crippen LogP contribution is 2.40. The first kappa shape index (κ1) is 14.5. The molecule has 1 radical (unpaired) electrons. The van der Waals surface area contributed by atoms with Gasteiger partial charge in [0.25, 0.3) is 0 Å². The minimum Gasteiger partial charge on any atom is -0.369 e. The van der Waals surface area contributed by atoms with Gasteiger partial charge in [0.1, 0.15) is 0 Å². The zero-order valence-electron chi connectivity index (χ0n) is 12.9. The van der Waals surface area contributed by atoms with Gasteiger partial charge in [0, 0.05) is 22.8 Å². The summed E-state index contributed by atoms with van der Waals surface area (Å²) in [4.78, 5) is 16.2. The smallest absolute Gasteiger partial charge is 0.225 e. The van der Waals surface area contributed by atoms with Crippen LogP contribution in [0.4, 0.5) is 0 Å². The van der Waals surface area contributed by atoms with E-state index in [-0.39, 0.29) is 5.91 Å². The number of nitrogens with zero attached hydrogens (tertiary/aromatic N) is 3.